The topological polar surface area (TPSA) is 47.7 Å². The first-order valence-electron chi connectivity index (χ1n) is 2.99. The van der Waals surface area contributed by atoms with Crippen molar-refractivity contribution >= 4 is 0 Å². The second-order valence-corrected chi connectivity index (χ2v) is 2.29. The van der Waals surface area contributed by atoms with Crippen molar-refractivity contribution in [2.75, 3.05) is 13.1 Å². The molecule has 0 radical (unpaired) electrons. The van der Waals surface area contributed by atoms with Crippen molar-refractivity contribution in [1.29, 1.82) is 0 Å². The summed E-state index contributed by atoms with van der Waals surface area (Å²) in [6.45, 7) is 1.07. The number of hydrogen-bond donors (Lipinski definition) is 2. The van der Waals surface area contributed by atoms with Gasteiger partial charge in [0.15, 0.2) is 0 Å². The van der Waals surface area contributed by atoms with E-state index in [2.05, 4.69) is 0 Å². The van der Waals surface area contributed by atoms with Crippen molar-refractivity contribution < 1.29 is 10.2 Å². The van der Waals surface area contributed by atoms with Crippen LogP contribution in [0.25, 0.3) is 0 Å². The smallest absolute Gasteiger partial charge is 0.103 e. The van der Waals surface area contributed by atoms with E-state index in [4.69, 9.17) is 5.11 Å². The Bertz CT molecular complexity index is 68.8. The first kappa shape index (κ1) is 6.01. The number of aliphatic hydroxyl groups excluding tert-OH is 1. The van der Waals surface area contributed by atoms with E-state index in [0.29, 0.717) is 13.1 Å². The molecule has 2 N–H and O–H groups in total. The highest BCUT2D eigenvalue weighted by atomic mass is 16.5. The van der Waals surface area contributed by atoms with Crippen LogP contribution in [-0.2, 0) is 0 Å². The van der Waals surface area contributed by atoms with Gasteiger partial charge in [0.05, 0.1) is 6.54 Å². The summed E-state index contributed by atoms with van der Waals surface area (Å²) >= 11 is 0. The number of hydroxylamine groups is 2. The van der Waals surface area contributed by atoms with Gasteiger partial charge < -0.3 is 15.4 Å². The summed E-state index contributed by atoms with van der Waals surface area (Å²) in [5.74, 6) is 0. The number of aliphatic hydroxyl groups is 1. The zero-order chi connectivity index (χ0) is 5.98. The van der Waals surface area contributed by atoms with E-state index in [9.17, 15) is 5.21 Å². The lowest BCUT2D eigenvalue weighted by molar-refractivity contribution is -0.857. The van der Waals surface area contributed by atoms with Crippen molar-refractivity contribution in [3.63, 3.8) is 0 Å². The molecule has 0 bridgehead atoms. The summed E-state index contributed by atoms with van der Waals surface area (Å²) in [6, 6.07) is 0. The predicted octanol–water partition coefficient (Wildman–Crippen LogP) is -1.48. The van der Waals surface area contributed by atoms with Gasteiger partial charge >= 0.3 is 0 Å². The molecule has 0 aromatic carbocycles. The van der Waals surface area contributed by atoms with Gasteiger partial charge in [0.2, 0.25) is 0 Å². The van der Waals surface area contributed by atoms with E-state index in [0.717, 1.165) is 12.8 Å². The highest BCUT2D eigenvalue weighted by molar-refractivity contribution is 4.56. The highest BCUT2D eigenvalue weighted by Crippen LogP contribution is 1.95. The largest absolute Gasteiger partial charge is 0.634 e. The molecule has 2 atom stereocenters. The Balaban J connectivity index is 2.23. The Hall–Kier alpha value is -0.120. The molecule has 1 aliphatic heterocycles. The molecule has 8 heavy (non-hydrogen) atoms. The fraction of sp³-hybridized carbons (Fsp3) is 1.00. The molecule has 0 aliphatic carbocycles. The van der Waals surface area contributed by atoms with Gasteiger partial charge in [-0.2, -0.15) is 0 Å². The van der Waals surface area contributed by atoms with Crippen LogP contribution in [0.5, 0.6) is 0 Å². The van der Waals surface area contributed by atoms with Gasteiger partial charge in [-0.25, -0.2) is 0 Å². The average molecular weight is 117 g/mol. The minimum atomic E-state index is -0.337. The highest BCUT2D eigenvalue weighted by Gasteiger charge is 2.14. The number of hydrogen-bond acceptors (Lipinski definition) is 2. The van der Waals surface area contributed by atoms with Gasteiger partial charge in [-0.05, 0) is 12.8 Å². The second-order valence-electron chi connectivity index (χ2n) is 2.29. The predicted molar refractivity (Wildman–Crippen MR) is 29.3 cm³/mol. The Morgan fingerprint density at radius 1 is 1.62 bits per heavy atom. The third-order valence-corrected chi connectivity index (χ3v) is 1.46. The van der Waals surface area contributed by atoms with Crippen molar-refractivity contribution in [3.05, 3.63) is 5.21 Å². The van der Waals surface area contributed by atoms with Gasteiger partial charge in [-0.1, -0.05) is 0 Å². The molecule has 3 nitrogen and oxygen atoms in total. The van der Waals surface area contributed by atoms with Gasteiger partial charge in [0.25, 0.3) is 0 Å². The summed E-state index contributed by atoms with van der Waals surface area (Å²) in [6.07, 6.45) is 1.35. The minimum Gasteiger partial charge on any atom is -0.634 e. The van der Waals surface area contributed by atoms with Crippen LogP contribution in [0.15, 0.2) is 0 Å². The summed E-state index contributed by atoms with van der Waals surface area (Å²) in [7, 11) is 0. The van der Waals surface area contributed by atoms with Gasteiger partial charge in [-0.3, -0.25) is 0 Å². The molecular weight excluding hydrogens is 106 g/mol. The van der Waals surface area contributed by atoms with E-state index in [1.54, 1.807) is 0 Å². The lowest BCUT2D eigenvalue weighted by Gasteiger charge is -2.29. The monoisotopic (exact) mass is 117 g/mol. The van der Waals surface area contributed by atoms with Crippen LogP contribution in [0.1, 0.15) is 12.8 Å². The summed E-state index contributed by atoms with van der Waals surface area (Å²) < 4.78 is 0. The molecule has 0 saturated carbocycles. The molecule has 0 spiro atoms. The number of quaternary nitrogens is 1. The number of nitrogens with one attached hydrogen (secondary N) is 1. The molecule has 0 aromatic heterocycles. The fourth-order valence-electron chi connectivity index (χ4n) is 1.00. The van der Waals surface area contributed by atoms with E-state index < -0.39 is 0 Å². The van der Waals surface area contributed by atoms with Crippen molar-refractivity contribution in [3.8, 4) is 0 Å². The fourth-order valence-corrected chi connectivity index (χ4v) is 1.00. The van der Waals surface area contributed by atoms with Crippen LogP contribution in [0.3, 0.4) is 0 Å². The number of piperidine rings is 1. The van der Waals surface area contributed by atoms with Gasteiger partial charge in [-0.15, -0.1) is 0 Å². The lowest BCUT2D eigenvalue weighted by Crippen LogP contribution is -3.09. The molecule has 0 amide bonds. The van der Waals surface area contributed by atoms with Crippen molar-refractivity contribution in [1.82, 2.24) is 0 Å². The van der Waals surface area contributed by atoms with E-state index in [1.165, 1.54) is 0 Å². The third kappa shape index (κ3) is 1.43. The minimum absolute atomic E-state index is 0.212. The molecule has 1 heterocycles. The normalized spacial score (nSPS) is 39.8. The van der Waals surface area contributed by atoms with Crippen molar-refractivity contribution in [2.45, 2.75) is 18.9 Å². The van der Waals surface area contributed by atoms with E-state index in [1.807, 2.05) is 0 Å². The zero-order valence-electron chi connectivity index (χ0n) is 4.76. The Morgan fingerprint density at radius 3 is 2.75 bits per heavy atom. The first-order valence-corrected chi connectivity index (χ1v) is 2.99. The summed E-state index contributed by atoms with van der Waals surface area (Å²) in [5.41, 5.74) is 0. The Labute approximate surface area is 48.5 Å². The van der Waals surface area contributed by atoms with Gasteiger partial charge in [0, 0.05) is 0 Å². The number of rotatable bonds is 0. The molecule has 3 heteroatoms. The van der Waals surface area contributed by atoms with Crippen LogP contribution in [0, 0.1) is 5.21 Å². The van der Waals surface area contributed by atoms with E-state index >= 15 is 0 Å². The molecule has 1 rings (SSSR count). The molecular formula is C5H11NO2. The molecule has 1 saturated heterocycles. The Morgan fingerprint density at radius 2 is 2.38 bits per heavy atom. The molecule has 0 aromatic rings. The SMILES string of the molecule is [O-][NH+]1CCCC(O)C1. The average Bonchev–Trinajstić information content (AvgIpc) is 1.64. The quantitative estimate of drug-likeness (QED) is 0.380. The standard InChI is InChI=1S/C5H11NO2/c7-5-2-1-3-6(8)4-5/h5-7H,1-4H2. The van der Waals surface area contributed by atoms with Crippen molar-refractivity contribution in [2.24, 2.45) is 0 Å². The lowest BCUT2D eigenvalue weighted by atomic mass is 10.1. The van der Waals surface area contributed by atoms with Crippen LogP contribution in [-0.4, -0.2) is 24.3 Å². The third-order valence-electron chi connectivity index (χ3n) is 1.46. The van der Waals surface area contributed by atoms with Crippen LogP contribution in [0.4, 0.5) is 0 Å². The maximum Gasteiger partial charge on any atom is 0.103 e. The second kappa shape index (κ2) is 2.44. The molecule has 48 valence electrons. The Kier molecular flexibility index (Phi) is 1.83. The molecule has 1 aliphatic rings. The molecule has 1 fully saturated rings. The van der Waals surface area contributed by atoms with Crippen LogP contribution < -0.4 is 5.06 Å². The first-order chi connectivity index (χ1) is 3.79. The zero-order valence-corrected chi connectivity index (χ0v) is 4.76. The van der Waals surface area contributed by atoms with Gasteiger partial charge in [0.1, 0.15) is 12.6 Å². The maximum atomic E-state index is 10.5. The molecule has 2 unspecified atom stereocenters. The van der Waals surface area contributed by atoms with Crippen LogP contribution in [0.2, 0.25) is 0 Å². The van der Waals surface area contributed by atoms with Crippen LogP contribution >= 0.6 is 0 Å². The van der Waals surface area contributed by atoms with E-state index in [-0.39, 0.29) is 11.2 Å². The summed E-state index contributed by atoms with van der Waals surface area (Å²) in [4.78, 5) is 0. The summed E-state index contributed by atoms with van der Waals surface area (Å²) in [5, 5.41) is 19.6. The maximum absolute atomic E-state index is 10.5.